The lowest BCUT2D eigenvalue weighted by Gasteiger charge is -2.27. The Balaban J connectivity index is 2.29. The molecule has 0 aliphatic heterocycles. The van der Waals surface area contributed by atoms with Crippen molar-refractivity contribution in [1.29, 1.82) is 0 Å². The summed E-state index contributed by atoms with van der Waals surface area (Å²) >= 11 is 7.65. The van der Waals surface area contributed by atoms with Gasteiger partial charge in [-0.2, -0.15) is 11.8 Å². The van der Waals surface area contributed by atoms with Crippen LogP contribution in [0.2, 0.25) is 0 Å². The smallest absolute Gasteiger partial charge is 0.230 e. The summed E-state index contributed by atoms with van der Waals surface area (Å²) in [6.45, 7) is 0. The van der Waals surface area contributed by atoms with Crippen molar-refractivity contribution < 1.29 is 4.79 Å². The summed E-state index contributed by atoms with van der Waals surface area (Å²) in [7, 11) is 0. The molecule has 0 heterocycles. The number of halogens is 1. The van der Waals surface area contributed by atoms with Crippen LogP contribution in [-0.2, 0) is 4.79 Å². The van der Waals surface area contributed by atoms with Crippen LogP contribution in [0, 0.1) is 0 Å². The van der Waals surface area contributed by atoms with Gasteiger partial charge in [-0.3, -0.25) is 4.79 Å². The normalized spacial score (nSPS) is 28.5. The fourth-order valence-electron chi connectivity index (χ4n) is 1.63. The molecule has 4 heteroatoms. The summed E-state index contributed by atoms with van der Waals surface area (Å²) in [5.74, 6) is 0.658. The molecule has 0 bridgehead atoms. The van der Waals surface area contributed by atoms with Gasteiger partial charge in [-0.1, -0.05) is 12.8 Å². The zero-order valence-electron chi connectivity index (χ0n) is 7.88. The monoisotopic (exact) mass is 221 g/mol. The molecule has 0 aromatic heterocycles. The van der Waals surface area contributed by atoms with Gasteiger partial charge < -0.3 is 5.32 Å². The summed E-state index contributed by atoms with van der Waals surface area (Å²) in [4.78, 5) is 11.3. The highest BCUT2D eigenvalue weighted by atomic mass is 35.5. The quantitative estimate of drug-likeness (QED) is 0.739. The number of carbonyl (C=O) groups is 1. The van der Waals surface area contributed by atoms with Crippen molar-refractivity contribution in [3.05, 3.63) is 0 Å². The maximum Gasteiger partial charge on any atom is 0.230 e. The zero-order valence-corrected chi connectivity index (χ0v) is 9.46. The van der Waals surface area contributed by atoms with Gasteiger partial charge in [-0.05, 0) is 19.1 Å². The second-order valence-corrected chi connectivity index (χ2v) is 4.83. The van der Waals surface area contributed by atoms with Crippen LogP contribution >= 0.6 is 23.4 Å². The third-order valence-electron chi connectivity index (χ3n) is 2.30. The van der Waals surface area contributed by atoms with Crippen LogP contribution in [0.15, 0.2) is 0 Å². The first kappa shape index (κ1) is 11.2. The Kier molecular flexibility index (Phi) is 4.96. The highest BCUT2D eigenvalue weighted by Crippen LogP contribution is 2.22. The van der Waals surface area contributed by atoms with E-state index in [1.807, 2.05) is 6.26 Å². The molecule has 1 fully saturated rings. The molecule has 0 aromatic carbocycles. The van der Waals surface area contributed by atoms with E-state index in [4.69, 9.17) is 11.6 Å². The highest BCUT2D eigenvalue weighted by molar-refractivity contribution is 7.99. The van der Waals surface area contributed by atoms with E-state index in [1.165, 1.54) is 12.8 Å². The van der Waals surface area contributed by atoms with Gasteiger partial charge in [-0.15, -0.1) is 11.6 Å². The minimum absolute atomic E-state index is 0.116. The van der Waals surface area contributed by atoms with Crippen molar-refractivity contribution in [2.75, 3.05) is 12.0 Å². The van der Waals surface area contributed by atoms with E-state index in [0.29, 0.717) is 5.75 Å². The lowest BCUT2D eigenvalue weighted by molar-refractivity contribution is -0.119. The molecule has 2 unspecified atom stereocenters. The first-order valence-electron chi connectivity index (χ1n) is 4.66. The van der Waals surface area contributed by atoms with Crippen molar-refractivity contribution in [2.24, 2.45) is 0 Å². The Morgan fingerprint density at radius 3 is 2.85 bits per heavy atom. The second kappa shape index (κ2) is 5.76. The molecule has 1 rings (SSSR count). The van der Waals surface area contributed by atoms with Crippen molar-refractivity contribution in [3.63, 3.8) is 0 Å². The standard InChI is InChI=1S/C9H16ClNOS/c1-13-6-9(12)11-8-5-3-2-4-7(8)10/h7-8H,2-6H2,1H3,(H,11,12). The number of rotatable bonds is 3. The lowest BCUT2D eigenvalue weighted by atomic mass is 9.95. The number of thioether (sulfide) groups is 1. The molecule has 2 nitrogen and oxygen atoms in total. The first-order valence-corrected chi connectivity index (χ1v) is 6.49. The molecule has 0 radical (unpaired) electrons. The minimum atomic E-state index is 0.116. The lowest BCUT2D eigenvalue weighted by Crippen LogP contribution is -2.43. The molecule has 1 aliphatic rings. The highest BCUT2D eigenvalue weighted by Gasteiger charge is 2.23. The van der Waals surface area contributed by atoms with E-state index in [2.05, 4.69) is 5.32 Å². The molecular weight excluding hydrogens is 206 g/mol. The van der Waals surface area contributed by atoms with Gasteiger partial charge in [0.15, 0.2) is 0 Å². The second-order valence-electron chi connectivity index (χ2n) is 3.41. The molecule has 1 amide bonds. The molecule has 0 spiro atoms. The fraction of sp³-hybridized carbons (Fsp3) is 0.889. The average molecular weight is 222 g/mol. The maximum absolute atomic E-state index is 11.3. The molecule has 1 aliphatic carbocycles. The van der Waals surface area contributed by atoms with Crippen LogP contribution in [0.1, 0.15) is 25.7 Å². The average Bonchev–Trinajstić information content (AvgIpc) is 2.09. The van der Waals surface area contributed by atoms with Gasteiger partial charge in [-0.25, -0.2) is 0 Å². The SMILES string of the molecule is CSCC(=O)NC1CCCCC1Cl. The van der Waals surface area contributed by atoms with Crippen molar-refractivity contribution >= 4 is 29.3 Å². The predicted molar refractivity (Wildman–Crippen MR) is 58.4 cm³/mol. The number of hydrogen-bond donors (Lipinski definition) is 1. The third-order valence-corrected chi connectivity index (χ3v) is 3.38. The summed E-state index contributed by atoms with van der Waals surface area (Å²) in [6, 6.07) is 0.204. The Labute approximate surface area is 88.8 Å². The maximum atomic E-state index is 11.3. The summed E-state index contributed by atoms with van der Waals surface area (Å²) < 4.78 is 0. The predicted octanol–water partition coefficient (Wildman–Crippen LogP) is 2.02. The van der Waals surface area contributed by atoms with Crippen LogP contribution in [0.3, 0.4) is 0 Å². The number of amides is 1. The minimum Gasteiger partial charge on any atom is -0.351 e. The Morgan fingerprint density at radius 1 is 1.54 bits per heavy atom. The van der Waals surface area contributed by atoms with Crippen LogP contribution in [0.5, 0.6) is 0 Å². The largest absolute Gasteiger partial charge is 0.351 e. The van der Waals surface area contributed by atoms with Gasteiger partial charge in [0, 0.05) is 6.04 Å². The topological polar surface area (TPSA) is 29.1 Å². The molecule has 13 heavy (non-hydrogen) atoms. The van der Waals surface area contributed by atoms with E-state index in [1.54, 1.807) is 11.8 Å². The van der Waals surface area contributed by atoms with Crippen molar-refractivity contribution in [3.8, 4) is 0 Å². The van der Waals surface area contributed by atoms with Crippen LogP contribution in [-0.4, -0.2) is 29.3 Å². The molecule has 2 atom stereocenters. The zero-order chi connectivity index (χ0) is 9.68. The van der Waals surface area contributed by atoms with E-state index in [0.717, 1.165) is 12.8 Å². The van der Waals surface area contributed by atoms with E-state index < -0.39 is 0 Å². The van der Waals surface area contributed by atoms with Gasteiger partial charge in [0.2, 0.25) is 5.91 Å². The summed E-state index contributed by atoms with van der Waals surface area (Å²) in [5.41, 5.74) is 0. The Morgan fingerprint density at radius 2 is 2.23 bits per heavy atom. The molecule has 0 aromatic rings. The molecule has 0 saturated heterocycles. The van der Waals surface area contributed by atoms with Gasteiger partial charge in [0.05, 0.1) is 11.1 Å². The molecule has 1 N–H and O–H groups in total. The summed E-state index contributed by atoms with van der Waals surface area (Å²) in [5, 5.41) is 3.12. The van der Waals surface area contributed by atoms with Gasteiger partial charge in [0.1, 0.15) is 0 Å². The summed E-state index contributed by atoms with van der Waals surface area (Å²) in [6.07, 6.45) is 6.38. The van der Waals surface area contributed by atoms with Crippen LogP contribution in [0.4, 0.5) is 0 Å². The van der Waals surface area contributed by atoms with Gasteiger partial charge >= 0.3 is 0 Å². The van der Waals surface area contributed by atoms with Crippen molar-refractivity contribution in [2.45, 2.75) is 37.1 Å². The number of nitrogens with one attached hydrogen (secondary N) is 1. The first-order chi connectivity index (χ1) is 6.24. The molecule has 1 saturated carbocycles. The van der Waals surface area contributed by atoms with Gasteiger partial charge in [0.25, 0.3) is 0 Å². The third kappa shape index (κ3) is 3.77. The van der Waals surface area contributed by atoms with Crippen LogP contribution in [0.25, 0.3) is 0 Å². The number of carbonyl (C=O) groups excluding carboxylic acids is 1. The van der Waals surface area contributed by atoms with E-state index >= 15 is 0 Å². The Hall–Kier alpha value is 0.110. The number of alkyl halides is 1. The number of hydrogen-bond acceptors (Lipinski definition) is 2. The van der Waals surface area contributed by atoms with E-state index in [9.17, 15) is 4.79 Å². The Bertz CT molecular complexity index is 177. The molecule has 76 valence electrons. The van der Waals surface area contributed by atoms with Crippen molar-refractivity contribution in [1.82, 2.24) is 5.32 Å². The molecular formula is C9H16ClNOS. The van der Waals surface area contributed by atoms with Crippen LogP contribution < -0.4 is 5.32 Å². The fourth-order valence-corrected chi connectivity index (χ4v) is 2.32. The van der Waals surface area contributed by atoms with E-state index in [-0.39, 0.29) is 17.3 Å².